The Kier molecular flexibility index (Phi) is 6.64. The Labute approximate surface area is 135 Å². The highest BCUT2D eigenvalue weighted by Crippen LogP contribution is 2.33. The number of benzene rings is 1. The number of hydrogen-bond acceptors (Lipinski definition) is 6. The standard InChI is InChI=1S/C13H16BrN3O5/c1-7(12(18)21-3)22-11-5-9(14)8(4-10(11)20-2)6-16-17-13(15)19/h4-7H,1-3H3,(H3,15,17,19). The lowest BCUT2D eigenvalue weighted by Crippen LogP contribution is -2.25. The van der Waals surface area contributed by atoms with E-state index in [2.05, 4.69) is 31.2 Å². The van der Waals surface area contributed by atoms with E-state index < -0.39 is 18.1 Å². The number of primary amides is 1. The van der Waals surface area contributed by atoms with E-state index in [1.54, 1.807) is 19.1 Å². The number of nitrogens with zero attached hydrogens (tertiary/aromatic N) is 1. The van der Waals surface area contributed by atoms with Crippen LogP contribution in [-0.4, -0.2) is 38.5 Å². The third-order valence-corrected chi connectivity index (χ3v) is 3.18. The van der Waals surface area contributed by atoms with Crippen LogP contribution in [-0.2, 0) is 9.53 Å². The molecule has 0 aromatic heterocycles. The van der Waals surface area contributed by atoms with Gasteiger partial charge in [-0.15, -0.1) is 0 Å². The number of ether oxygens (including phenoxy) is 3. The van der Waals surface area contributed by atoms with Crippen molar-refractivity contribution in [1.82, 2.24) is 5.43 Å². The summed E-state index contributed by atoms with van der Waals surface area (Å²) >= 11 is 3.33. The highest BCUT2D eigenvalue weighted by molar-refractivity contribution is 9.10. The van der Waals surface area contributed by atoms with E-state index in [4.69, 9.17) is 15.2 Å². The molecule has 1 atom stereocenters. The molecule has 0 heterocycles. The van der Waals surface area contributed by atoms with Crippen LogP contribution in [0.1, 0.15) is 12.5 Å². The van der Waals surface area contributed by atoms with Gasteiger partial charge in [0.2, 0.25) is 0 Å². The van der Waals surface area contributed by atoms with E-state index in [1.807, 2.05) is 0 Å². The topological polar surface area (TPSA) is 112 Å². The van der Waals surface area contributed by atoms with E-state index in [9.17, 15) is 9.59 Å². The Morgan fingerprint density at radius 3 is 2.59 bits per heavy atom. The molecule has 1 unspecified atom stereocenters. The van der Waals surface area contributed by atoms with Crippen LogP contribution < -0.4 is 20.6 Å². The highest BCUT2D eigenvalue weighted by Gasteiger charge is 2.18. The third-order valence-electron chi connectivity index (χ3n) is 2.50. The Hall–Kier alpha value is -2.29. The van der Waals surface area contributed by atoms with Crippen LogP contribution in [0, 0.1) is 0 Å². The second kappa shape index (κ2) is 8.23. The van der Waals surface area contributed by atoms with Crippen molar-refractivity contribution in [3.05, 3.63) is 22.2 Å². The number of hydrogen-bond donors (Lipinski definition) is 2. The van der Waals surface area contributed by atoms with Crippen molar-refractivity contribution in [2.24, 2.45) is 10.8 Å². The molecule has 120 valence electrons. The summed E-state index contributed by atoms with van der Waals surface area (Å²) in [5.74, 6) is 0.237. The average Bonchev–Trinajstić information content (AvgIpc) is 2.48. The van der Waals surface area contributed by atoms with Crippen molar-refractivity contribution >= 4 is 34.1 Å². The van der Waals surface area contributed by atoms with Gasteiger partial charge < -0.3 is 19.9 Å². The molecule has 0 aliphatic heterocycles. The van der Waals surface area contributed by atoms with Crippen molar-refractivity contribution in [1.29, 1.82) is 0 Å². The first-order valence-corrected chi connectivity index (χ1v) is 6.88. The fourth-order valence-corrected chi connectivity index (χ4v) is 1.90. The molecule has 0 saturated heterocycles. The first kappa shape index (κ1) is 17.8. The molecule has 9 heteroatoms. The molecule has 0 aliphatic rings. The summed E-state index contributed by atoms with van der Waals surface area (Å²) in [4.78, 5) is 22.0. The summed E-state index contributed by atoms with van der Waals surface area (Å²) in [6, 6.07) is 2.46. The van der Waals surface area contributed by atoms with Gasteiger partial charge in [0.1, 0.15) is 0 Å². The zero-order valence-electron chi connectivity index (χ0n) is 12.3. The van der Waals surface area contributed by atoms with Gasteiger partial charge in [-0.1, -0.05) is 0 Å². The largest absolute Gasteiger partial charge is 0.493 e. The van der Waals surface area contributed by atoms with Crippen molar-refractivity contribution in [2.75, 3.05) is 14.2 Å². The molecule has 8 nitrogen and oxygen atoms in total. The van der Waals surface area contributed by atoms with Crippen LogP contribution in [0.2, 0.25) is 0 Å². The average molecular weight is 374 g/mol. The van der Waals surface area contributed by atoms with E-state index in [-0.39, 0.29) is 0 Å². The molecule has 22 heavy (non-hydrogen) atoms. The fourth-order valence-electron chi connectivity index (χ4n) is 1.47. The van der Waals surface area contributed by atoms with Gasteiger partial charge in [0.05, 0.1) is 20.4 Å². The third kappa shape index (κ3) is 4.92. The summed E-state index contributed by atoms with van der Waals surface area (Å²) in [6.07, 6.45) is 0.590. The van der Waals surface area contributed by atoms with Crippen LogP contribution in [0.25, 0.3) is 0 Å². The molecule has 2 amide bonds. The zero-order valence-corrected chi connectivity index (χ0v) is 13.8. The minimum absolute atomic E-state index is 0.354. The molecule has 1 rings (SSSR count). The van der Waals surface area contributed by atoms with E-state index in [0.717, 1.165) is 0 Å². The highest BCUT2D eigenvalue weighted by atomic mass is 79.9. The molecule has 0 spiro atoms. The van der Waals surface area contributed by atoms with Crippen molar-refractivity contribution < 1.29 is 23.8 Å². The van der Waals surface area contributed by atoms with Crippen molar-refractivity contribution in [3.63, 3.8) is 0 Å². The smallest absolute Gasteiger partial charge is 0.346 e. The van der Waals surface area contributed by atoms with Crippen LogP contribution >= 0.6 is 15.9 Å². The number of nitrogens with two attached hydrogens (primary N) is 1. The zero-order chi connectivity index (χ0) is 16.7. The Balaban J connectivity index is 3.02. The molecule has 3 N–H and O–H groups in total. The first-order chi connectivity index (χ1) is 10.4. The van der Waals surface area contributed by atoms with Gasteiger partial charge in [-0.25, -0.2) is 15.0 Å². The number of hydrazone groups is 1. The maximum atomic E-state index is 11.4. The number of esters is 1. The minimum atomic E-state index is -0.790. The lowest BCUT2D eigenvalue weighted by Gasteiger charge is -2.16. The lowest BCUT2D eigenvalue weighted by molar-refractivity contribution is -0.147. The van der Waals surface area contributed by atoms with Crippen LogP contribution in [0.15, 0.2) is 21.7 Å². The predicted octanol–water partition coefficient (Wildman–Crippen LogP) is 1.40. The molecule has 0 fully saturated rings. The molecular formula is C13H16BrN3O5. The number of halogens is 1. The number of urea groups is 1. The summed E-state index contributed by atoms with van der Waals surface area (Å²) < 4.78 is 15.9. The van der Waals surface area contributed by atoms with Crippen molar-refractivity contribution in [2.45, 2.75) is 13.0 Å². The predicted molar refractivity (Wildman–Crippen MR) is 83.1 cm³/mol. The molecular weight excluding hydrogens is 358 g/mol. The summed E-state index contributed by atoms with van der Waals surface area (Å²) in [7, 11) is 2.74. The molecule has 0 bridgehead atoms. The summed E-state index contributed by atoms with van der Waals surface area (Å²) in [5, 5.41) is 3.66. The number of carbonyl (C=O) groups excluding carboxylic acids is 2. The normalized spacial score (nSPS) is 11.8. The number of methoxy groups -OCH3 is 2. The van der Waals surface area contributed by atoms with Crippen LogP contribution in [0.5, 0.6) is 11.5 Å². The van der Waals surface area contributed by atoms with E-state index >= 15 is 0 Å². The van der Waals surface area contributed by atoms with Crippen LogP contribution in [0.4, 0.5) is 4.79 Å². The van der Waals surface area contributed by atoms with Gasteiger partial charge in [0.25, 0.3) is 0 Å². The van der Waals surface area contributed by atoms with Crippen molar-refractivity contribution in [3.8, 4) is 11.5 Å². The fraction of sp³-hybridized carbons (Fsp3) is 0.308. The Morgan fingerprint density at radius 2 is 2.05 bits per heavy atom. The summed E-state index contributed by atoms with van der Waals surface area (Å²) in [5.41, 5.74) is 7.60. The van der Waals surface area contributed by atoms with Gasteiger partial charge in [0, 0.05) is 10.0 Å². The molecule has 1 aromatic carbocycles. The minimum Gasteiger partial charge on any atom is -0.493 e. The summed E-state index contributed by atoms with van der Waals surface area (Å²) in [6.45, 7) is 1.56. The molecule has 0 aliphatic carbocycles. The van der Waals surface area contributed by atoms with E-state index in [0.29, 0.717) is 21.5 Å². The monoisotopic (exact) mass is 373 g/mol. The first-order valence-electron chi connectivity index (χ1n) is 6.09. The van der Waals surface area contributed by atoms with Gasteiger partial charge in [-0.3, -0.25) is 0 Å². The maximum Gasteiger partial charge on any atom is 0.346 e. The quantitative estimate of drug-likeness (QED) is 0.444. The lowest BCUT2D eigenvalue weighted by atomic mass is 10.2. The second-order valence-corrected chi connectivity index (χ2v) is 4.90. The van der Waals surface area contributed by atoms with Crippen LogP contribution in [0.3, 0.4) is 0 Å². The Bertz CT molecular complexity index is 591. The SMILES string of the molecule is COC(=O)C(C)Oc1cc(Br)c(C=NNC(N)=O)cc1OC. The molecule has 1 aromatic rings. The van der Waals surface area contributed by atoms with Gasteiger partial charge in [0.15, 0.2) is 17.6 Å². The number of amides is 2. The maximum absolute atomic E-state index is 11.4. The van der Waals surface area contributed by atoms with Gasteiger partial charge in [-0.2, -0.15) is 5.10 Å². The molecule has 0 radical (unpaired) electrons. The number of rotatable bonds is 6. The number of nitrogens with one attached hydrogen (secondary N) is 1. The second-order valence-electron chi connectivity index (χ2n) is 4.04. The number of carbonyl (C=O) groups is 2. The Morgan fingerprint density at radius 1 is 1.36 bits per heavy atom. The van der Waals surface area contributed by atoms with Gasteiger partial charge in [-0.05, 0) is 35.0 Å². The molecule has 0 saturated carbocycles. The van der Waals surface area contributed by atoms with E-state index in [1.165, 1.54) is 20.4 Å². The van der Waals surface area contributed by atoms with Gasteiger partial charge >= 0.3 is 12.0 Å².